The number of hydrazine groups is 1. The van der Waals surface area contributed by atoms with E-state index < -0.39 is 0 Å². The molecule has 3 N–H and O–H groups in total. The molecule has 0 bridgehead atoms. The van der Waals surface area contributed by atoms with Gasteiger partial charge in [-0.15, -0.1) is 0 Å². The van der Waals surface area contributed by atoms with Crippen molar-refractivity contribution in [3.05, 3.63) is 30.1 Å². The average Bonchev–Trinajstić information content (AvgIpc) is 3.17. The molecule has 4 nitrogen and oxygen atoms in total. The first-order chi connectivity index (χ1) is 9.85. The van der Waals surface area contributed by atoms with Crippen LogP contribution in [0, 0.1) is 0 Å². The summed E-state index contributed by atoms with van der Waals surface area (Å²) in [6, 6.07) is 4.55. The molecule has 1 aliphatic heterocycles. The SMILES string of the molecule is NNC(Cc1ccncc1)C1(N2CCCC2)CCCC1. The van der Waals surface area contributed by atoms with Gasteiger partial charge in [0.05, 0.1) is 0 Å². The molecule has 1 saturated heterocycles. The van der Waals surface area contributed by atoms with E-state index in [-0.39, 0.29) is 5.54 Å². The largest absolute Gasteiger partial charge is 0.296 e. The third kappa shape index (κ3) is 2.60. The van der Waals surface area contributed by atoms with Gasteiger partial charge in [0.15, 0.2) is 0 Å². The topological polar surface area (TPSA) is 54.2 Å². The van der Waals surface area contributed by atoms with Gasteiger partial charge in [0.25, 0.3) is 0 Å². The van der Waals surface area contributed by atoms with Gasteiger partial charge < -0.3 is 0 Å². The number of nitrogens with one attached hydrogen (secondary N) is 1. The van der Waals surface area contributed by atoms with E-state index in [1.165, 1.54) is 57.2 Å². The summed E-state index contributed by atoms with van der Waals surface area (Å²) in [5.74, 6) is 5.96. The summed E-state index contributed by atoms with van der Waals surface area (Å²) in [5, 5.41) is 0. The number of nitrogens with zero attached hydrogens (tertiary/aromatic N) is 2. The van der Waals surface area contributed by atoms with E-state index in [1.807, 2.05) is 12.4 Å². The summed E-state index contributed by atoms with van der Waals surface area (Å²) in [5.41, 5.74) is 4.75. The highest BCUT2D eigenvalue weighted by molar-refractivity contribution is 5.15. The molecule has 1 aromatic heterocycles. The Balaban J connectivity index is 1.80. The van der Waals surface area contributed by atoms with E-state index in [0.717, 1.165) is 6.42 Å². The average molecular weight is 274 g/mol. The lowest BCUT2D eigenvalue weighted by Gasteiger charge is -2.45. The molecule has 0 amide bonds. The second-order valence-corrected chi connectivity index (χ2v) is 6.28. The maximum Gasteiger partial charge on any atom is 0.0435 e. The van der Waals surface area contributed by atoms with Crippen LogP contribution >= 0.6 is 0 Å². The van der Waals surface area contributed by atoms with Crippen LogP contribution in [0.1, 0.15) is 44.1 Å². The predicted octanol–water partition coefficient (Wildman–Crippen LogP) is 1.86. The van der Waals surface area contributed by atoms with Crippen LogP contribution in [0.5, 0.6) is 0 Å². The molecule has 0 spiro atoms. The maximum absolute atomic E-state index is 5.96. The molecule has 20 heavy (non-hydrogen) atoms. The van der Waals surface area contributed by atoms with Gasteiger partial charge in [-0.25, -0.2) is 0 Å². The lowest BCUT2D eigenvalue weighted by atomic mass is 9.83. The van der Waals surface area contributed by atoms with Crippen molar-refractivity contribution in [2.75, 3.05) is 13.1 Å². The number of likely N-dealkylation sites (tertiary alicyclic amines) is 1. The van der Waals surface area contributed by atoms with E-state index in [1.54, 1.807) is 0 Å². The highest BCUT2D eigenvalue weighted by Gasteiger charge is 2.46. The van der Waals surface area contributed by atoms with Crippen LogP contribution < -0.4 is 11.3 Å². The molecular weight excluding hydrogens is 248 g/mol. The fraction of sp³-hybridized carbons (Fsp3) is 0.688. The van der Waals surface area contributed by atoms with Crippen molar-refractivity contribution >= 4 is 0 Å². The van der Waals surface area contributed by atoms with Crippen LogP contribution in [0.2, 0.25) is 0 Å². The van der Waals surface area contributed by atoms with Crippen molar-refractivity contribution in [3.8, 4) is 0 Å². The maximum atomic E-state index is 5.96. The van der Waals surface area contributed by atoms with E-state index in [9.17, 15) is 0 Å². The van der Waals surface area contributed by atoms with Crippen LogP contribution in [0.15, 0.2) is 24.5 Å². The van der Waals surface area contributed by atoms with Crippen LogP contribution in [0.25, 0.3) is 0 Å². The number of hydrogen-bond acceptors (Lipinski definition) is 4. The molecule has 2 aliphatic rings. The number of rotatable bonds is 5. The number of pyridine rings is 1. The van der Waals surface area contributed by atoms with Crippen molar-refractivity contribution in [2.24, 2.45) is 5.84 Å². The van der Waals surface area contributed by atoms with Crippen LogP contribution in [0.3, 0.4) is 0 Å². The molecule has 1 atom stereocenters. The van der Waals surface area contributed by atoms with Gasteiger partial charge in [-0.05, 0) is 62.9 Å². The Morgan fingerprint density at radius 3 is 2.40 bits per heavy atom. The molecule has 2 heterocycles. The molecule has 0 aromatic carbocycles. The summed E-state index contributed by atoms with van der Waals surface area (Å²) < 4.78 is 0. The van der Waals surface area contributed by atoms with Gasteiger partial charge in [0.1, 0.15) is 0 Å². The Hall–Kier alpha value is -0.970. The molecule has 1 unspecified atom stereocenters. The number of aromatic nitrogens is 1. The zero-order valence-corrected chi connectivity index (χ0v) is 12.2. The Labute approximate surface area is 121 Å². The molecule has 4 heteroatoms. The normalized spacial score (nSPS) is 24.1. The Kier molecular flexibility index (Phi) is 4.34. The zero-order chi connectivity index (χ0) is 13.8. The molecule has 110 valence electrons. The van der Waals surface area contributed by atoms with Gasteiger partial charge in [-0.3, -0.25) is 21.2 Å². The predicted molar refractivity (Wildman–Crippen MR) is 81.1 cm³/mol. The van der Waals surface area contributed by atoms with Crippen molar-refractivity contribution < 1.29 is 0 Å². The van der Waals surface area contributed by atoms with Crippen molar-refractivity contribution in [1.29, 1.82) is 0 Å². The first kappa shape index (κ1) is 14.0. The second-order valence-electron chi connectivity index (χ2n) is 6.28. The van der Waals surface area contributed by atoms with Gasteiger partial charge in [0.2, 0.25) is 0 Å². The summed E-state index contributed by atoms with van der Waals surface area (Å²) >= 11 is 0. The molecule has 2 fully saturated rings. The summed E-state index contributed by atoms with van der Waals surface area (Å²) in [4.78, 5) is 6.82. The van der Waals surface area contributed by atoms with Crippen molar-refractivity contribution in [1.82, 2.24) is 15.3 Å². The summed E-state index contributed by atoms with van der Waals surface area (Å²) in [7, 11) is 0. The van der Waals surface area contributed by atoms with Crippen molar-refractivity contribution in [2.45, 2.75) is 56.5 Å². The van der Waals surface area contributed by atoms with Gasteiger partial charge >= 0.3 is 0 Å². The molecule has 3 rings (SSSR count). The Bertz CT molecular complexity index is 408. The lowest BCUT2D eigenvalue weighted by Crippen LogP contribution is -2.61. The standard InChI is InChI=1S/C16H26N4/c17-19-15(13-14-5-9-18-10-6-14)16(7-1-2-8-16)20-11-3-4-12-20/h5-6,9-10,15,19H,1-4,7-8,11-13,17H2. The van der Waals surface area contributed by atoms with Crippen LogP contribution in [0.4, 0.5) is 0 Å². The third-order valence-corrected chi connectivity index (χ3v) is 5.24. The molecule has 1 saturated carbocycles. The monoisotopic (exact) mass is 274 g/mol. The zero-order valence-electron chi connectivity index (χ0n) is 12.2. The highest BCUT2D eigenvalue weighted by Crippen LogP contribution is 2.40. The lowest BCUT2D eigenvalue weighted by molar-refractivity contribution is 0.0766. The number of nitrogens with two attached hydrogens (primary N) is 1. The first-order valence-electron chi connectivity index (χ1n) is 7.95. The van der Waals surface area contributed by atoms with Crippen LogP contribution in [-0.2, 0) is 6.42 Å². The molecular formula is C16H26N4. The Morgan fingerprint density at radius 1 is 1.15 bits per heavy atom. The van der Waals surface area contributed by atoms with Gasteiger partial charge in [-0.1, -0.05) is 12.8 Å². The van der Waals surface area contributed by atoms with E-state index in [0.29, 0.717) is 6.04 Å². The fourth-order valence-corrected chi connectivity index (χ4v) is 4.19. The van der Waals surface area contributed by atoms with E-state index in [4.69, 9.17) is 5.84 Å². The van der Waals surface area contributed by atoms with Gasteiger partial charge in [-0.2, -0.15) is 0 Å². The minimum absolute atomic E-state index is 0.272. The summed E-state index contributed by atoms with van der Waals surface area (Å²) in [6.45, 7) is 2.49. The minimum atomic E-state index is 0.272. The van der Waals surface area contributed by atoms with Crippen LogP contribution in [-0.4, -0.2) is 34.6 Å². The van der Waals surface area contributed by atoms with E-state index in [2.05, 4.69) is 27.4 Å². The Morgan fingerprint density at radius 2 is 1.80 bits per heavy atom. The highest BCUT2D eigenvalue weighted by atomic mass is 15.3. The second kappa shape index (κ2) is 6.20. The smallest absolute Gasteiger partial charge is 0.0435 e. The van der Waals surface area contributed by atoms with Gasteiger partial charge in [0, 0.05) is 24.0 Å². The third-order valence-electron chi connectivity index (χ3n) is 5.24. The molecule has 1 aliphatic carbocycles. The van der Waals surface area contributed by atoms with E-state index >= 15 is 0 Å². The fourth-order valence-electron chi connectivity index (χ4n) is 4.19. The molecule has 0 radical (unpaired) electrons. The van der Waals surface area contributed by atoms with Crippen molar-refractivity contribution in [3.63, 3.8) is 0 Å². The summed E-state index contributed by atoms with van der Waals surface area (Å²) in [6.07, 6.45) is 12.7. The molecule has 1 aromatic rings. The number of hydrogen-bond donors (Lipinski definition) is 2. The first-order valence-corrected chi connectivity index (χ1v) is 7.95. The minimum Gasteiger partial charge on any atom is -0.296 e. The quantitative estimate of drug-likeness (QED) is 0.636.